The number of hydrogen-bond donors (Lipinski definition) is 1. The van der Waals surface area contributed by atoms with Crippen molar-refractivity contribution in [3.63, 3.8) is 0 Å². The number of nitrogens with one attached hydrogen (secondary N) is 1. The van der Waals surface area contributed by atoms with Crippen molar-refractivity contribution in [2.75, 3.05) is 26.7 Å². The van der Waals surface area contributed by atoms with E-state index in [1.165, 1.54) is 0 Å². The van der Waals surface area contributed by atoms with E-state index >= 15 is 0 Å². The number of carbonyl (C=O) groups excluding carboxylic acids is 2. The van der Waals surface area contributed by atoms with Gasteiger partial charge in [-0.15, -0.1) is 0 Å². The van der Waals surface area contributed by atoms with Gasteiger partial charge in [-0.2, -0.15) is 0 Å². The van der Waals surface area contributed by atoms with E-state index in [0.717, 1.165) is 25.1 Å². The molecule has 0 aromatic carbocycles. The maximum atomic E-state index is 12.7. The van der Waals surface area contributed by atoms with E-state index < -0.39 is 0 Å². The summed E-state index contributed by atoms with van der Waals surface area (Å²) in [6, 6.07) is 0.211. The summed E-state index contributed by atoms with van der Waals surface area (Å²) in [5, 5.41) is 3.53. The lowest BCUT2D eigenvalue weighted by molar-refractivity contribution is -0.140. The van der Waals surface area contributed by atoms with Gasteiger partial charge in [0.05, 0.1) is 6.54 Å². The molecule has 1 aliphatic heterocycles. The average molecular weight is 364 g/mol. The number of aromatic nitrogens is 2. The molecule has 0 unspecified atom stereocenters. The van der Waals surface area contributed by atoms with Crippen LogP contribution >= 0.6 is 0 Å². The monoisotopic (exact) mass is 363 g/mol. The van der Waals surface area contributed by atoms with Crippen molar-refractivity contribution >= 4 is 11.8 Å². The van der Waals surface area contributed by atoms with Crippen molar-refractivity contribution in [2.45, 2.75) is 52.1 Å². The molecule has 26 heavy (non-hydrogen) atoms. The van der Waals surface area contributed by atoms with E-state index in [2.05, 4.69) is 10.3 Å². The van der Waals surface area contributed by atoms with Crippen LogP contribution in [0.3, 0.4) is 0 Å². The number of rotatable bonds is 6. The first-order valence-corrected chi connectivity index (χ1v) is 9.68. The number of aryl methyl sites for hydroxylation is 1. The molecule has 2 atom stereocenters. The normalized spacial score (nSPS) is 21.8. The van der Waals surface area contributed by atoms with Crippen molar-refractivity contribution < 1.29 is 9.59 Å². The van der Waals surface area contributed by atoms with Gasteiger partial charge in [-0.1, -0.05) is 6.42 Å². The summed E-state index contributed by atoms with van der Waals surface area (Å²) in [4.78, 5) is 33.2. The summed E-state index contributed by atoms with van der Waals surface area (Å²) in [6.45, 7) is 6.71. The fourth-order valence-corrected chi connectivity index (χ4v) is 3.58. The highest BCUT2D eigenvalue weighted by molar-refractivity contribution is 5.85. The topological polar surface area (TPSA) is 70.5 Å². The Kier molecular flexibility index (Phi) is 7.63. The highest BCUT2D eigenvalue weighted by Gasteiger charge is 2.29. The Balaban J connectivity index is 1.99. The zero-order valence-corrected chi connectivity index (χ0v) is 16.6. The van der Waals surface area contributed by atoms with Gasteiger partial charge < -0.3 is 19.7 Å². The second-order valence-corrected chi connectivity index (χ2v) is 7.15. The molecule has 0 aliphatic carbocycles. The summed E-state index contributed by atoms with van der Waals surface area (Å²) in [5.74, 6) is 0.962. The van der Waals surface area contributed by atoms with Crippen LogP contribution in [0.1, 0.15) is 45.4 Å². The van der Waals surface area contributed by atoms with E-state index in [0.29, 0.717) is 32.6 Å². The minimum Gasteiger partial charge on any atom is -0.344 e. The summed E-state index contributed by atoms with van der Waals surface area (Å²) >= 11 is 0. The molecule has 0 radical (unpaired) electrons. The molecular formula is C19H33N5O2. The minimum absolute atomic E-state index is 0.0567. The molecule has 1 saturated heterocycles. The fraction of sp³-hybridized carbons (Fsp3) is 0.737. The second-order valence-electron chi connectivity index (χ2n) is 7.15. The smallest absolute Gasteiger partial charge is 0.226 e. The van der Waals surface area contributed by atoms with Crippen LogP contribution in [0.2, 0.25) is 0 Å². The van der Waals surface area contributed by atoms with Crippen LogP contribution in [-0.2, 0) is 23.2 Å². The van der Waals surface area contributed by atoms with Crippen LogP contribution in [0, 0.1) is 5.92 Å². The maximum absolute atomic E-state index is 12.7. The van der Waals surface area contributed by atoms with Crippen LogP contribution in [0.5, 0.6) is 0 Å². The van der Waals surface area contributed by atoms with Gasteiger partial charge in [-0.3, -0.25) is 9.59 Å². The number of hydrogen-bond acceptors (Lipinski definition) is 4. The third-order valence-electron chi connectivity index (χ3n) is 5.34. The molecule has 1 aromatic heterocycles. The first-order valence-electron chi connectivity index (χ1n) is 9.68. The lowest BCUT2D eigenvalue weighted by atomic mass is 9.95. The first-order chi connectivity index (χ1) is 12.5. The largest absolute Gasteiger partial charge is 0.344 e. The number of amides is 2. The van der Waals surface area contributed by atoms with Crippen LogP contribution in [-0.4, -0.2) is 63.9 Å². The Hall–Kier alpha value is -1.89. The Morgan fingerprint density at radius 2 is 2.04 bits per heavy atom. The van der Waals surface area contributed by atoms with E-state index in [1.807, 2.05) is 43.6 Å². The van der Waals surface area contributed by atoms with E-state index in [9.17, 15) is 9.59 Å². The number of nitrogens with zero attached hydrogens (tertiary/aromatic N) is 4. The zero-order chi connectivity index (χ0) is 19.1. The molecule has 1 aromatic rings. The molecule has 1 fully saturated rings. The molecule has 7 nitrogen and oxygen atoms in total. The standard InChI is InChI=1S/C19H33N5O2/c1-5-24(6-2)19(26)15-8-7-9-16(14-23(4)18(25)12-15)21-13-17-20-10-11-22(17)3/h10-11,15-16,21H,5-9,12-14H2,1-4H3/t15-,16-/m1/s1. The second kappa shape index (κ2) is 9.71. The third-order valence-corrected chi connectivity index (χ3v) is 5.34. The third kappa shape index (κ3) is 5.30. The van der Waals surface area contributed by atoms with Gasteiger partial charge in [-0.05, 0) is 26.7 Å². The van der Waals surface area contributed by atoms with E-state index in [-0.39, 0.29) is 23.8 Å². The van der Waals surface area contributed by atoms with E-state index in [1.54, 1.807) is 11.1 Å². The predicted octanol–water partition coefficient (Wildman–Crippen LogP) is 1.40. The highest BCUT2D eigenvalue weighted by Crippen LogP contribution is 2.21. The Bertz CT molecular complexity index is 597. The molecule has 146 valence electrons. The molecule has 0 bridgehead atoms. The maximum Gasteiger partial charge on any atom is 0.226 e. The Morgan fingerprint density at radius 1 is 1.31 bits per heavy atom. The summed E-state index contributed by atoms with van der Waals surface area (Å²) in [5.41, 5.74) is 0. The van der Waals surface area contributed by atoms with Gasteiger partial charge in [0.25, 0.3) is 0 Å². The molecule has 2 heterocycles. The summed E-state index contributed by atoms with van der Waals surface area (Å²) in [6.07, 6.45) is 6.70. The molecule has 7 heteroatoms. The van der Waals surface area contributed by atoms with Gasteiger partial charge in [0.1, 0.15) is 5.82 Å². The lowest BCUT2D eigenvalue weighted by Crippen LogP contribution is -2.42. The van der Waals surface area contributed by atoms with Crippen molar-refractivity contribution in [3.05, 3.63) is 18.2 Å². The van der Waals surface area contributed by atoms with Crippen LogP contribution in [0.4, 0.5) is 0 Å². The van der Waals surface area contributed by atoms with Crippen molar-refractivity contribution in [1.82, 2.24) is 24.7 Å². The first kappa shape index (κ1) is 20.4. The number of likely N-dealkylation sites (N-methyl/N-ethyl adjacent to an activating group) is 1. The van der Waals surface area contributed by atoms with Crippen molar-refractivity contribution in [1.29, 1.82) is 0 Å². The Labute approximate surface area is 156 Å². The van der Waals surface area contributed by atoms with Crippen molar-refractivity contribution in [2.24, 2.45) is 13.0 Å². The summed E-state index contributed by atoms with van der Waals surface area (Å²) < 4.78 is 2.00. The molecule has 1 N–H and O–H groups in total. The predicted molar refractivity (Wildman–Crippen MR) is 101 cm³/mol. The molecule has 0 saturated carbocycles. The van der Waals surface area contributed by atoms with Gasteiger partial charge in [-0.25, -0.2) is 4.98 Å². The summed E-state index contributed by atoms with van der Waals surface area (Å²) in [7, 11) is 3.81. The van der Waals surface area contributed by atoms with Gasteiger partial charge in [0, 0.05) is 64.5 Å². The molecule has 2 rings (SSSR count). The van der Waals surface area contributed by atoms with E-state index in [4.69, 9.17) is 0 Å². The Morgan fingerprint density at radius 3 is 2.65 bits per heavy atom. The zero-order valence-electron chi connectivity index (χ0n) is 16.6. The fourth-order valence-electron chi connectivity index (χ4n) is 3.58. The highest BCUT2D eigenvalue weighted by atomic mass is 16.2. The van der Waals surface area contributed by atoms with Crippen LogP contribution in [0.25, 0.3) is 0 Å². The molecule has 1 aliphatic rings. The lowest BCUT2D eigenvalue weighted by Gasteiger charge is -2.26. The average Bonchev–Trinajstić information content (AvgIpc) is 3.05. The van der Waals surface area contributed by atoms with Gasteiger partial charge in [0.2, 0.25) is 11.8 Å². The molecular weight excluding hydrogens is 330 g/mol. The SMILES string of the molecule is CCN(CC)C(=O)[C@@H]1CCC[C@@H](NCc2nccn2C)CN(C)C(=O)C1. The number of imidazole rings is 1. The van der Waals surface area contributed by atoms with Crippen LogP contribution < -0.4 is 5.32 Å². The van der Waals surface area contributed by atoms with Crippen molar-refractivity contribution in [3.8, 4) is 0 Å². The molecule has 0 spiro atoms. The minimum atomic E-state index is -0.196. The van der Waals surface area contributed by atoms with Gasteiger partial charge in [0.15, 0.2) is 0 Å². The van der Waals surface area contributed by atoms with Crippen LogP contribution in [0.15, 0.2) is 12.4 Å². The quantitative estimate of drug-likeness (QED) is 0.829. The molecule has 2 amide bonds. The van der Waals surface area contributed by atoms with Gasteiger partial charge >= 0.3 is 0 Å². The number of carbonyl (C=O) groups is 2.